The van der Waals surface area contributed by atoms with Crippen molar-refractivity contribution in [3.05, 3.63) is 40.9 Å². The fourth-order valence-electron chi connectivity index (χ4n) is 3.24. The van der Waals surface area contributed by atoms with Gasteiger partial charge in [0.15, 0.2) is 11.6 Å². The summed E-state index contributed by atoms with van der Waals surface area (Å²) < 4.78 is 27.6. The van der Waals surface area contributed by atoms with Crippen LogP contribution in [-0.2, 0) is 10.0 Å². The minimum Gasteiger partial charge on any atom is -0.216 e. The average Bonchev–Trinajstić information content (AvgIpc) is 3.09. The third-order valence-electron chi connectivity index (χ3n) is 4.59. The highest BCUT2D eigenvalue weighted by molar-refractivity contribution is 7.88. The summed E-state index contributed by atoms with van der Waals surface area (Å²) in [5.41, 5.74) is 0.856. The third kappa shape index (κ3) is 2.96. The Morgan fingerprint density at radius 1 is 1.17 bits per heavy atom. The molecule has 2 heterocycles. The molecule has 0 radical (unpaired) electrons. The number of benzene rings is 1. The van der Waals surface area contributed by atoms with Gasteiger partial charge < -0.3 is 0 Å². The predicted molar refractivity (Wildman–Crippen MR) is 91.9 cm³/mol. The van der Waals surface area contributed by atoms with Crippen LogP contribution in [0.15, 0.2) is 24.3 Å². The Morgan fingerprint density at radius 3 is 2.50 bits per heavy atom. The molecule has 1 saturated heterocycles. The number of halogens is 1. The molecule has 0 amide bonds. The van der Waals surface area contributed by atoms with Crippen LogP contribution in [0.4, 0.5) is 0 Å². The van der Waals surface area contributed by atoms with E-state index in [0.717, 1.165) is 37.2 Å². The van der Waals surface area contributed by atoms with Crippen LogP contribution < -0.4 is 0 Å². The van der Waals surface area contributed by atoms with E-state index < -0.39 is 10.0 Å². The molecule has 4 rings (SSSR count). The molecule has 0 N–H and O–H groups in total. The van der Waals surface area contributed by atoms with Crippen molar-refractivity contribution in [3.63, 3.8) is 0 Å². The Hall–Kier alpha value is -1.44. The molecular weight excluding hydrogens is 348 g/mol. The van der Waals surface area contributed by atoms with Gasteiger partial charge in [0.05, 0.1) is 18.0 Å². The highest BCUT2D eigenvalue weighted by Gasteiger charge is 2.38. The van der Waals surface area contributed by atoms with Crippen molar-refractivity contribution in [2.45, 2.75) is 37.6 Å². The lowest BCUT2D eigenvalue weighted by Crippen LogP contribution is -2.31. The Morgan fingerprint density at radius 2 is 1.88 bits per heavy atom. The molecule has 1 aromatic heterocycles. The number of rotatable bonds is 4. The molecule has 1 aliphatic heterocycles. The van der Waals surface area contributed by atoms with Crippen LogP contribution in [0.3, 0.4) is 0 Å². The topological polar surface area (TPSA) is 68.1 Å². The van der Waals surface area contributed by atoms with E-state index in [1.54, 1.807) is 8.99 Å². The molecule has 1 atom stereocenters. The van der Waals surface area contributed by atoms with Gasteiger partial charge in [-0.05, 0) is 49.9 Å². The van der Waals surface area contributed by atoms with Crippen LogP contribution in [-0.4, -0.2) is 40.3 Å². The van der Waals surface area contributed by atoms with Crippen molar-refractivity contribution in [1.29, 1.82) is 0 Å². The van der Waals surface area contributed by atoms with Crippen molar-refractivity contribution in [1.82, 2.24) is 19.1 Å². The van der Waals surface area contributed by atoms with Crippen molar-refractivity contribution in [3.8, 4) is 5.69 Å². The number of sulfonamides is 1. The zero-order valence-corrected chi connectivity index (χ0v) is 15.0. The minimum absolute atomic E-state index is 0.254. The van der Waals surface area contributed by atoms with Crippen LogP contribution in [0.2, 0.25) is 5.02 Å². The highest BCUT2D eigenvalue weighted by atomic mass is 35.5. The average molecular weight is 367 g/mol. The van der Waals surface area contributed by atoms with E-state index >= 15 is 0 Å². The second-order valence-electron chi connectivity index (χ2n) is 6.52. The van der Waals surface area contributed by atoms with Gasteiger partial charge in [-0.25, -0.2) is 18.1 Å². The maximum absolute atomic E-state index is 12.1. The zero-order valence-electron chi connectivity index (χ0n) is 13.4. The molecule has 2 aromatic rings. The van der Waals surface area contributed by atoms with Crippen molar-refractivity contribution < 1.29 is 8.42 Å². The monoisotopic (exact) mass is 366 g/mol. The van der Waals surface area contributed by atoms with Crippen molar-refractivity contribution >= 4 is 21.6 Å². The summed E-state index contributed by atoms with van der Waals surface area (Å²) in [7, 11) is -3.27. The SMILES string of the molecule is CS(=O)(=O)N1CCC[C@@H]1c1nc(C2CC2)nn1-c1ccc(Cl)cc1. The molecule has 0 spiro atoms. The Balaban J connectivity index is 1.80. The summed E-state index contributed by atoms with van der Waals surface area (Å²) >= 11 is 5.98. The van der Waals surface area contributed by atoms with E-state index in [9.17, 15) is 8.42 Å². The van der Waals surface area contributed by atoms with Crippen LogP contribution in [0.1, 0.15) is 49.3 Å². The van der Waals surface area contributed by atoms with Crippen LogP contribution >= 0.6 is 11.6 Å². The summed E-state index contributed by atoms with van der Waals surface area (Å²) in [6.07, 6.45) is 5.07. The second kappa shape index (κ2) is 5.82. The molecule has 0 bridgehead atoms. The first-order chi connectivity index (χ1) is 11.4. The predicted octanol–water partition coefficient (Wildman–Crippen LogP) is 2.89. The summed E-state index contributed by atoms with van der Waals surface area (Å²) in [6, 6.07) is 7.13. The van der Waals surface area contributed by atoms with Crippen LogP contribution in [0.25, 0.3) is 5.69 Å². The minimum atomic E-state index is -3.27. The van der Waals surface area contributed by atoms with Gasteiger partial charge in [-0.2, -0.15) is 9.40 Å². The smallest absolute Gasteiger partial charge is 0.211 e. The lowest BCUT2D eigenvalue weighted by atomic mass is 10.2. The van der Waals surface area contributed by atoms with Gasteiger partial charge in [0.1, 0.15) is 0 Å². The number of hydrogen-bond donors (Lipinski definition) is 0. The molecule has 24 heavy (non-hydrogen) atoms. The van der Waals surface area contributed by atoms with Crippen molar-refractivity contribution in [2.75, 3.05) is 12.8 Å². The number of nitrogens with zero attached hydrogens (tertiary/aromatic N) is 4. The summed E-state index contributed by atoms with van der Waals surface area (Å²) in [6.45, 7) is 0.537. The Kier molecular flexibility index (Phi) is 3.89. The summed E-state index contributed by atoms with van der Waals surface area (Å²) in [4.78, 5) is 4.73. The van der Waals surface area contributed by atoms with Gasteiger partial charge in [0.25, 0.3) is 0 Å². The third-order valence-corrected chi connectivity index (χ3v) is 6.13. The molecular formula is C16H19ClN4O2S. The summed E-state index contributed by atoms with van der Waals surface area (Å²) in [5.74, 6) is 1.94. The normalized spacial score (nSPS) is 22.2. The Labute approximate surface area is 146 Å². The first-order valence-corrected chi connectivity index (χ1v) is 10.4. The lowest BCUT2D eigenvalue weighted by Gasteiger charge is -2.21. The van der Waals surface area contributed by atoms with Gasteiger partial charge in [-0.15, -0.1) is 0 Å². The maximum Gasteiger partial charge on any atom is 0.211 e. The highest BCUT2D eigenvalue weighted by Crippen LogP contribution is 2.40. The number of hydrogen-bond acceptors (Lipinski definition) is 4. The fraction of sp³-hybridized carbons (Fsp3) is 0.500. The van der Waals surface area contributed by atoms with E-state index in [2.05, 4.69) is 5.10 Å². The quantitative estimate of drug-likeness (QED) is 0.834. The van der Waals surface area contributed by atoms with Gasteiger partial charge in [0.2, 0.25) is 10.0 Å². The largest absolute Gasteiger partial charge is 0.216 e. The molecule has 1 aromatic carbocycles. The molecule has 0 unspecified atom stereocenters. The van der Waals surface area contributed by atoms with Gasteiger partial charge in [-0.1, -0.05) is 11.6 Å². The van der Waals surface area contributed by atoms with E-state index in [0.29, 0.717) is 23.3 Å². The molecule has 2 aliphatic rings. The van der Waals surface area contributed by atoms with Gasteiger partial charge in [0, 0.05) is 17.5 Å². The van der Waals surface area contributed by atoms with Crippen LogP contribution in [0, 0.1) is 0 Å². The lowest BCUT2D eigenvalue weighted by molar-refractivity contribution is 0.381. The van der Waals surface area contributed by atoms with E-state index in [4.69, 9.17) is 16.6 Å². The zero-order chi connectivity index (χ0) is 16.9. The van der Waals surface area contributed by atoms with Gasteiger partial charge >= 0.3 is 0 Å². The van der Waals surface area contributed by atoms with E-state index in [-0.39, 0.29) is 6.04 Å². The fourth-order valence-corrected chi connectivity index (χ4v) is 4.49. The van der Waals surface area contributed by atoms with Gasteiger partial charge in [-0.3, -0.25) is 0 Å². The first kappa shape index (κ1) is 16.1. The maximum atomic E-state index is 12.1. The van der Waals surface area contributed by atoms with Crippen LogP contribution in [0.5, 0.6) is 0 Å². The van der Waals surface area contributed by atoms with Crippen molar-refractivity contribution in [2.24, 2.45) is 0 Å². The first-order valence-electron chi connectivity index (χ1n) is 8.13. The molecule has 1 aliphatic carbocycles. The molecule has 8 heteroatoms. The summed E-state index contributed by atoms with van der Waals surface area (Å²) in [5, 5.41) is 5.33. The second-order valence-corrected chi connectivity index (χ2v) is 8.89. The Bertz CT molecular complexity index is 859. The standard InChI is InChI=1S/C16H19ClN4O2S/c1-24(22,23)20-10-2-3-14(20)16-18-15(11-4-5-11)19-21(16)13-8-6-12(17)7-9-13/h6-9,11,14H,2-5,10H2,1H3/t14-/m1/s1. The van der Waals surface area contributed by atoms with E-state index in [1.165, 1.54) is 6.26 Å². The molecule has 6 nitrogen and oxygen atoms in total. The number of aromatic nitrogens is 3. The molecule has 1 saturated carbocycles. The van der Waals surface area contributed by atoms with E-state index in [1.807, 2.05) is 24.3 Å². The molecule has 128 valence electrons. The molecule has 2 fully saturated rings.